The maximum absolute atomic E-state index is 13.2. The molecule has 1 amide bonds. The van der Waals surface area contributed by atoms with Crippen molar-refractivity contribution in [1.82, 2.24) is 10.3 Å². The van der Waals surface area contributed by atoms with Crippen molar-refractivity contribution in [2.45, 2.75) is 91.4 Å². The lowest BCUT2D eigenvalue weighted by Crippen LogP contribution is -2.44. The summed E-state index contributed by atoms with van der Waals surface area (Å²) in [4.78, 5) is 41.6. The number of ether oxygens (including phenoxy) is 5. The molecule has 4 unspecified atom stereocenters. The minimum absolute atomic E-state index is 0.00957. The molecule has 0 saturated carbocycles. The maximum Gasteiger partial charge on any atom is 0.328 e. The Labute approximate surface area is 219 Å². The molecule has 2 rings (SSSR count). The summed E-state index contributed by atoms with van der Waals surface area (Å²) in [7, 11) is 1.42. The van der Waals surface area contributed by atoms with Gasteiger partial charge in [0, 0.05) is 31.7 Å². The van der Waals surface area contributed by atoms with Crippen molar-refractivity contribution in [3.63, 3.8) is 0 Å². The van der Waals surface area contributed by atoms with Crippen LogP contribution in [0.4, 0.5) is 0 Å². The van der Waals surface area contributed by atoms with E-state index in [2.05, 4.69) is 31.1 Å². The van der Waals surface area contributed by atoms with E-state index in [0.29, 0.717) is 25.4 Å². The van der Waals surface area contributed by atoms with Gasteiger partial charge in [0.05, 0.1) is 13.2 Å². The van der Waals surface area contributed by atoms with Crippen LogP contribution in [0.2, 0.25) is 0 Å². The van der Waals surface area contributed by atoms with E-state index in [1.807, 2.05) is 6.92 Å². The largest absolute Gasteiger partial charge is 0.493 e. The van der Waals surface area contributed by atoms with E-state index in [0.717, 1.165) is 25.7 Å². The molecule has 2 heterocycles. The quantitative estimate of drug-likeness (QED) is 0.320. The number of carbonyl (C=O) groups is 3. The van der Waals surface area contributed by atoms with Gasteiger partial charge in [-0.1, -0.05) is 27.2 Å². The van der Waals surface area contributed by atoms with Crippen LogP contribution in [0, 0.1) is 11.8 Å². The summed E-state index contributed by atoms with van der Waals surface area (Å²) in [5.41, 5.74) is -0.0915. The molecule has 1 aromatic rings. The molecular weight excluding hydrogens is 480 g/mol. The van der Waals surface area contributed by atoms with Crippen LogP contribution in [0.25, 0.3) is 0 Å². The monoisotopic (exact) mass is 522 g/mol. The Hall–Kier alpha value is -2.88. The molecule has 0 aromatic carbocycles. The molecule has 1 N–H and O–H groups in total. The number of amides is 1. The first kappa shape index (κ1) is 30.3. The highest BCUT2D eigenvalue weighted by atomic mass is 16.7. The molecule has 1 saturated heterocycles. The molecule has 208 valence electrons. The number of nitrogens with zero attached hydrogens (tertiary/aromatic N) is 1. The van der Waals surface area contributed by atoms with Crippen LogP contribution < -0.4 is 14.8 Å². The van der Waals surface area contributed by atoms with Gasteiger partial charge in [-0.05, 0) is 44.9 Å². The van der Waals surface area contributed by atoms with Gasteiger partial charge in [0.1, 0.15) is 12.1 Å². The lowest BCUT2D eigenvalue weighted by molar-refractivity contribution is -0.156. The summed E-state index contributed by atoms with van der Waals surface area (Å²) < 4.78 is 27.7. The van der Waals surface area contributed by atoms with Crippen molar-refractivity contribution in [2.75, 3.05) is 20.5 Å². The van der Waals surface area contributed by atoms with Gasteiger partial charge in [0.25, 0.3) is 5.91 Å². The topological polar surface area (TPSA) is 122 Å². The van der Waals surface area contributed by atoms with Crippen LogP contribution in [-0.2, 0) is 23.8 Å². The average Bonchev–Trinajstić information content (AvgIpc) is 2.89. The van der Waals surface area contributed by atoms with Gasteiger partial charge in [0.2, 0.25) is 6.79 Å². The van der Waals surface area contributed by atoms with Gasteiger partial charge in [-0.3, -0.25) is 9.59 Å². The predicted octanol–water partition coefficient (Wildman–Crippen LogP) is 4.05. The zero-order valence-corrected chi connectivity index (χ0v) is 22.9. The van der Waals surface area contributed by atoms with Gasteiger partial charge in [0.15, 0.2) is 17.2 Å². The summed E-state index contributed by atoms with van der Waals surface area (Å²) in [6.07, 6.45) is 5.68. The zero-order valence-electron chi connectivity index (χ0n) is 22.9. The molecule has 10 nitrogen and oxygen atoms in total. The second-order valence-corrected chi connectivity index (χ2v) is 9.73. The number of cyclic esters (lactones) is 1. The Kier molecular flexibility index (Phi) is 12.6. The third kappa shape index (κ3) is 9.50. The van der Waals surface area contributed by atoms with Gasteiger partial charge in [-0.2, -0.15) is 0 Å². The summed E-state index contributed by atoms with van der Waals surface area (Å²) >= 11 is 0. The lowest BCUT2D eigenvalue weighted by Gasteiger charge is -2.31. The number of hydrogen-bond acceptors (Lipinski definition) is 9. The highest BCUT2D eigenvalue weighted by Gasteiger charge is 2.35. The molecule has 0 bridgehead atoms. The van der Waals surface area contributed by atoms with Crippen LogP contribution in [0.5, 0.6) is 11.5 Å². The Bertz CT molecular complexity index is 891. The minimum atomic E-state index is -0.861. The molecule has 0 radical (unpaired) electrons. The fraction of sp³-hybridized carbons (Fsp3) is 0.704. The summed E-state index contributed by atoms with van der Waals surface area (Å²) in [6.45, 7) is 9.81. The van der Waals surface area contributed by atoms with E-state index >= 15 is 0 Å². The number of hydrogen-bond donors (Lipinski definition) is 1. The summed E-state index contributed by atoms with van der Waals surface area (Å²) in [6, 6.07) is 0.656. The van der Waals surface area contributed by atoms with Crippen LogP contribution in [-0.4, -0.2) is 61.6 Å². The molecule has 1 aromatic heterocycles. The van der Waals surface area contributed by atoms with Crippen molar-refractivity contribution in [1.29, 1.82) is 0 Å². The Morgan fingerprint density at radius 1 is 1.27 bits per heavy atom. The van der Waals surface area contributed by atoms with Gasteiger partial charge in [-0.25, -0.2) is 9.78 Å². The fourth-order valence-corrected chi connectivity index (χ4v) is 4.35. The van der Waals surface area contributed by atoms with Crippen molar-refractivity contribution < 1.29 is 38.1 Å². The molecular formula is C27H42N2O8. The van der Waals surface area contributed by atoms with Crippen molar-refractivity contribution >= 4 is 17.8 Å². The zero-order chi connectivity index (χ0) is 27.4. The Morgan fingerprint density at radius 2 is 2.03 bits per heavy atom. The molecule has 1 fully saturated rings. The summed E-state index contributed by atoms with van der Waals surface area (Å²) in [5.74, 6) is -0.797. The maximum atomic E-state index is 13.2. The second-order valence-electron chi connectivity index (χ2n) is 9.73. The van der Waals surface area contributed by atoms with Crippen LogP contribution in [0.1, 0.15) is 83.6 Å². The molecule has 4 atom stereocenters. The number of esters is 2. The van der Waals surface area contributed by atoms with E-state index in [1.54, 1.807) is 0 Å². The Morgan fingerprint density at radius 3 is 2.68 bits per heavy atom. The first-order chi connectivity index (χ1) is 17.7. The molecule has 37 heavy (non-hydrogen) atoms. The average molecular weight is 523 g/mol. The van der Waals surface area contributed by atoms with E-state index in [1.165, 1.54) is 26.3 Å². The molecule has 1 aliphatic rings. The number of methoxy groups -OCH3 is 1. The van der Waals surface area contributed by atoms with E-state index in [-0.39, 0.29) is 35.3 Å². The number of pyridine rings is 1. The fourth-order valence-electron chi connectivity index (χ4n) is 4.35. The number of carbonyl (C=O) groups excluding carboxylic acids is 3. The highest BCUT2D eigenvalue weighted by Crippen LogP contribution is 2.31. The number of aromatic nitrogens is 1. The lowest BCUT2D eigenvalue weighted by atomic mass is 9.86. The predicted molar refractivity (Wildman–Crippen MR) is 136 cm³/mol. The first-order valence-corrected chi connectivity index (χ1v) is 13.1. The molecule has 10 heteroatoms. The number of nitrogens with one attached hydrogen (secondary N) is 1. The third-order valence-corrected chi connectivity index (χ3v) is 6.34. The summed E-state index contributed by atoms with van der Waals surface area (Å²) in [5, 5.41) is 2.75. The van der Waals surface area contributed by atoms with Crippen LogP contribution in [0.3, 0.4) is 0 Å². The first-order valence-electron chi connectivity index (χ1n) is 13.1. The van der Waals surface area contributed by atoms with Crippen LogP contribution in [0.15, 0.2) is 12.3 Å². The van der Waals surface area contributed by atoms with E-state index < -0.39 is 30.7 Å². The second kappa shape index (κ2) is 15.4. The normalized spacial score (nSPS) is 22.3. The number of rotatable bonds is 12. The smallest absolute Gasteiger partial charge is 0.328 e. The minimum Gasteiger partial charge on any atom is -0.493 e. The molecule has 1 aliphatic heterocycles. The van der Waals surface area contributed by atoms with Gasteiger partial charge < -0.3 is 29.0 Å². The van der Waals surface area contributed by atoms with Crippen molar-refractivity contribution in [2.24, 2.45) is 11.8 Å². The third-order valence-electron chi connectivity index (χ3n) is 6.34. The highest BCUT2D eigenvalue weighted by molar-refractivity contribution is 5.98. The molecule has 0 spiro atoms. The van der Waals surface area contributed by atoms with E-state index in [4.69, 9.17) is 23.7 Å². The van der Waals surface area contributed by atoms with Crippen molar-refractivity contribution in [3.8, 4) is 11.5 Å². The molecule has 0 aliphatic carbocycles. The van der Waals surface area contributed by atoms with Crippen LogP contribution >= 0.6 is 0 Å². The van der Waals surface area contributed by atoms with Gasteiger partial charge >= 0.3 is 11.9 Å². The van der Waals surface area contributed by atoms with E-state index in [9.17, 15) is 14.4 Å². The Balaban J connectivity index is 2.20. The van der Waals surface area contributed by atoms with Crippen molar-refractivity contribution in [3.05, 3.63) is 18.0 Å². The standard InChI is InChI=1S/C27H42N2O8/c1-7-15-34-22-10-8-9-21(27(32)37-18(4)20(22)12-11-17(2)3)29-26(31)24-25(36-16-35-19(5)30)23(33-6)13-14-28-24/h13-14,17-18,20-22H,7-12,15-16H2,1-6H3,(H,29,31). The SMILES string of the molecule is CCCOC1CCCC(NC(=O)c2nccc(OC)c2OCOC(C)=O)C(=O)OC(C)C1CCC(C)C. The van der Waals surface area contributed by atoms with Gasteiger partial charge in [-0.15, -0.1) is 0 Å².